The van der Waals surface area contributed by atoms with Crippen LogP contribution >= 0.6 is 0 Å². The molecule has 0 aliphatic carbocycles. The Bertz CT molecular complexity index is 992. The molecule has 0 aromatic heterocycles. The summed E-state index contributed by atoms with van der Waals surface area (Å²) in [5.41, 5.74) is 0.447. The molecule has 7 nitrogen and oxygen atoms in total. The zero-order chi connectivity index (χ0) is 18.5. The average molecular weight is 379 g/mol. The Morgan fingerprint density at radius 3 is 2.24 bits per heavy atom. The Kier molecular flexibility index (Phi) is 5.79. The highest BCUT2D eigenvalue weighted by molar-refractivity contribution is 7.92. The van der Waals surface area contributed by atoms with Crippen LogP contribution in [0.25, 0.3) is 0 Å². The van der Waals surface area contributed by atoms with Crippen molar-refractivity contribution >= 4 is 25.7 Å². The molecular formula is C16H17N3O4S2. The molecule has 25 heavy (non-hydrogen) atoms. The lowest BCUT2D eigenvalue weighted by Gasteiger charge is -2.10. The molecule has 2 N–H and O–H groups in total. The fourth-order valence-electron chi connectivity index (χ4n) is 1.97. The molecule has 2 aromatic rings. The molecule has 0 unspecified atom stereocenters. The lowest BCUT2D eigenvalue weighted by Crippen LogP contribution is -2.24. The Morgan fingerprint density at radius 2 is 1.64 bits per heavy atom. The number of sulfonamides is 2. The third-order valence-corrected chi connectivity index (χ3v) is 6.09. The SMILES string of the molecule is CCCNS(=O)(=O)c1ccc(NS(=O)(=O)c2cccc(C#N)c2)cc1. The van der Waals surface area contributed by atoms with Crippen molar-refractivity contribution in [1.29, 1.82) is 5.26 Å². The number of benzene rings is 2. The molecule has 0 atom stereocenters. The first-order valence-electron chi connectivity index (χ1n) is 7.41. The van der Waals surface area contributed by atoms with Crippen LogP contribution in [0.1, 0.15) is 18.9 Å². The second-order valence-electron chi connectivity index (χ2n) is 5.17. The lowest BCUT2D eigenvalue weighted by atomic mass is 10.2. The smallest absolute Gasteiger partial charge is 0.261 e. The summed E-state index contributed by atoms with van der Waals surface area (Å²) in [6, 6.07) is 12.9. The van der Waals surface area contributed by atoms with Crippen LogP contribution in [0.2, 0.25) is 0 Å². The van der Waals surface area contributed by atoms with Crippen molar-refractivity contribution < 1.29 is 16.8 Å². The quantitative estimate of drug-likeness (QED) is 0.764. The van der Waals surface area contributed by atoms with Crippen LogP contribution in [0.3, 0.4) is 0 Å². The van der Waals surface area contributed by atoms with Gasteiger partial charge in [-0.1, -0.05) is 13.0 Å². The average Bonchev–Trinajstić information content (AvgIpc) is 2.60. The van der Waals surface area contributed by atoms with E-state index in [0.29, 0.717) is 13.0 Å². The fraction of sp³-hybridized carbons (Fsp3) is 0.188. The molecule has 9 heteroatoms. The van der Waals surface area contributed by atoms with Crippen LogP contribution in [0.4, 0.5) is 5.69 Å². The second kappa shape index (κ2) is 7.65. The number of anilines is 1. The van der Waals surface area contributed by atoms with Gasteiger partial charge in [0.25, 0.3) is 10.0 Å². The Morgan fingerprint density at radius 1 is 0.960 bits per heavy atom. The highest BCUT2D eigenvalue weighted by Gasteiger charge is 2.16. The van der Waals surface area contributed by atoms with Crippen LogP contribution in [0, 0.1) is 11.3 Å². The highest BCUT2D eigenvalue weighted by atomic mass is 32.2. The van der Waals surface area contributed by atoms with Gasteiger partial charge in [0, 0.05) is 12.2 Å². The van der Waals surface area contributed by atoms with E-state index in [1.54, 1.807) is 0 Å². The Labute approximate surface area is 147 Å². The van der Waals surface area contributed by atoms with E-state index in [2.05, 4.69) is 9.44 Å². The maximum atomic E-state index is 12.3. The number of hydrogen-bond donors (Lipinski definition) is 2. The standard InChI is InChI=1S/C16H17N3O4S2/c1-2-10-18-24(20,21)15-8-6-14(7-9-15)19-25(22,23)16-5-3-4-13(11-16)12-17/h3-9,11,18-19H,2,10H2,1H3. The number of rotatable bonds is 7. The maximum absolute atomic E-state index is 12.3. The summed E-state index contributed by atoms with van der Waals surface area (Å²) in [5.74, 6) is 0. The van der Waals surface area contributed by atoms with Crippen molar-refractivity contribution in [2.75, 3.05) is 11.3 Å². The normalized spacial score (nSPS) is 11.7. The van der Waals surface area contributed by atoms with Gasteiger partial charge in [0.1, 0.15) is 0 Å². The van der Waals surface area contributed by atoms with E-state index in [1.165, 1.54) is 48.5 Å². The van der Waals surface area contributed by atoms with Crippen molar-refractivity contribution in [1.82, 2.24) is 4.72 Å². The number of nitrogens with zero attached hydrogens (tertiary/aromatic N) is 1. The largest absolute Gasteiger partial charge is 0.280 e. The minimum Gasteiger partial charge on any atom is -0.280 e. The number of nitriles is 1. The summed E-state index contributed by atoms with van der Waals surface area (Å²) in [6.45, 7) is 2.17. The molecule has 0 amide bonds. The Balaban J connectivity index is 2.22. The molecular weight excluding hydrogens is 362 g/mol. The zero-order valence-electron chi connectivity index (χ0n) is 13.4. The molecule has 0 saturated carbocycles. The Hall–Kier alpha value is -2.41. The van der Waals surface area contributed by atoms with Crippen molar-refractivity contribution in [2.45, 2.75) is 23.1 Å². The summed E-state index contributed by atoms with van der Waals surface area (Å²) in [7, 11) is -7.48. The van der Waals surface area contributed by atoms with E-state index in [4.69, 9.17) is 5.26 Å². The van der Waals surface area contributed by atoms with E-state index >= 15 is 0 Å². The van der Waals surface area contributed by atoms with Gasteiger partial charge in [-0.25, -0.2) is 21.6 Å². The van der Waals surface area contributed by atoms with Gasteiger partial charge in [-0.15, -0.1) is 0 Å². The monoisotopic (exact) mass is 379 g/mol. The molecule has 132 valence electrons. The number of hydrogen-bond acceptors (Lipinski definition) is 5. The van der Waals surface area contributed by atoms with Crippen LogP contribution < -0.4 is 9.44 Å². The van der Waals surface area contributed by atoms with Crippen LogP contribution in [0.5, 0.6) is 0 Å². The molecule has 0 radical (unpaired) electrons. The topological polar surface area (TPSA) is 116 Å². The second-order valence-corrected chi connectivity index (χ2v) is 8.62. The van der Waals surface area contributed by atoms with Gasteiger partial charge in [-0.2, -0.15) is 5.26 Å². The van der Waals surface area contributed by atoms with Gasteiger partial charge in [0.05, 0.1) is 21.4 Å². The molecule has 0 fully saturated rings. The molecule has 0 heterocycles. The first-order valence-corrected chi connectivity index (χ1v) is 10.4. The summed E-state index contributed by atoms with van der Waals surface area (Å²) < 4.78 is 53.5. The van der Waals surface area contributed by atoms with Crippen molar-refractivity contribution in [2.24, 2.45) is 0 Å². The molecule has 0 aliphatic heterocycles. The van der Waals surface area contributed by atoms with Crippen molar-refractivity contribution in [3.8, 4) is 6.07 Å². The lowest BCUT2D eigenvalue weighted by molar-refractivity contribution is 0.581. The predicted octanol–water partition coefficient (Wildman–Crippen LogP) is 2.05. The molecule has 0 aliphatic rings. The third kappa shape index (κ3) is 4.79. The number of nitrogens with one attached hydrogen (secondary N) is 2. The van der Waals surface area contributed by atoms with Crippen molar-refractivity contribution in [3.05, 3.63) is 54.1 Å². The van der Waals surface area contributed by atoms with Crippen LogP contribution in [-0.4, -0.2) is 23.4 Å². The molecule has 0 spiro atoms. The van der Waals surface area contributed by atoms with Crippen LogP contribution in [0.15, 0.2) is 58.3 Å². The first-order chi connectivity index (χ1) is 11.8. The van der Waals surface area contributed by atoms with Gasteiger partial charge >= 0.3 is 0 Å². The molecule has 2 rings (SSSR count). The van der Waals surface area contributed by atoms with Gasteiger partial charge in [0.15, 0.2) is 0 Å². The van der Waals surface area contributed by atoms with Crippen molar-refractivity contribution in [3.63, 3.8) is 0 Å². The first kappa shape index (κ1) is 18.9. The van der Waals surface area contributed by atoms with E-state index < -0.39 is 20.0 Å². The van der Waals surface area contributed by atoms with Gasteiger partial charge < -0.3 is 0 Å². The molecule has 0 saturated heterocycles. The summed E-state index contributed by atoms with van der Waals surface area (Å²) in [4.78, 5) is 0.00300. The predicted molar refractivity (Wildman–Crippen MR) is 93.9 cm³/mol. The van der Waals surface area contributed by atoms with E-state index in [9.17, 15) is 16.8 Å². The third-order valence-electron chi connectivity index (χ3n) is 3.23. The molecule has 2 aromatic carbocycles. The van der Waals surface area contributed by atoms with E-state index in [-0.39, 0.29) is 21.0 Å². The molecule has 0 bridgehead atoms. The minimum atomic E-state index is -3.87. The summed E-state index contributed by atoms with van der Waals surface area (Å²) in [5, 5.41) is 8.86. The van der Waals surface area contributed by atoms with E-state index in [1.807, 2.05) is 13.0 Å². The summed E-state index contributed by atoms with van der Waals surface area (Å²) in [6.07, 6.45) is 0.666. The zero-order valence-corrected chi connectivity index (χ0v) is 15.1. The minimum absolute atomic E-state index is 0.0483. The van der Waals surface area contributed by atoms with Crippen LogP contribution in [-0.2, 0) is 20.0 Å². The van der Waals surface area contributed by atoms with E-state index in [0.717, 1.165) is 0 Å². The van der Waals surface area contributed by atoms with Gasteiger partial charge in [-0.05, 0) is 48.9 Å². The van der Waals surface area contributed by atoms with Gasteiger partial charge in [0.2, 0.25) is 10.0 Å². The summed E-state index contributed by atoms with van der Waals surface area (Å²) >= 11 is 0. The van der Waals surface area contributed by atoms with Gasteiger partial charge in [-0.3, -0.25) is 4.72 Å². The highest BCUT2D eigenvalue weighted by Crippen LogP contribution is 2.19. The fourth-order valence-corrected chi connectivity index (χ4v) is 4.21. The maximum Gasteiger partial charge on any atom is 0.261 e.